The zero-order valence-corrected chi connectivity index (χ0v) is 9.50. The number of hydrogen-bond acceptors (Lipinski definition) is 2. The van der Waals surface area contributed by atoms with Crippen molar-refractivity contribution in [1.29, 1.82) is 0 Å². The predicted octanol–water partition coefficient (Wildman–Crippen LogP) is 3.01. The van der Waals surface area contributed by atoms with Crippen LogP contribution >= 0.6 is 0 Å². The van der Waals surface area contributed by atoms with Crippen molar-refractivity contribution in [3.63, 3.8) is 0 Å². The molecule has 0 aromatic heterocycles. The first kappa shape index (κ1) is 12.1. The molecule has 1 aliphatic rings. The molecule has 0 spiro atoms. The maximum atomic E-state index is 11.3. The molecule has 0 heterocycles. The van der Waals surface area contributed by atoms with Crippen molar-refractivity contribution >= 4 is 6.09 Å². The second-order valence-electron chi connectivity index (χ2n) is 3.93. The second-order valence-corrected chi connectivity index (χ2v) is 3.93. The van der Waals surface area contributed by atoms with Crippen LogP contribution in [0.3, 0.4) is 0 Å². The Morgan fingerprint density at radius 2 is 2.20 bits per heavy atom. The molecule has 0 aliphatic heterocycles. The molecule has 1 amide bonds. The van der Waals surface area contributed by atoms with E-state index in [0.29, 0.717) is 6.54 Å². The Morgan fingerprint density at radius 3 is 3.00 bits per heavy atom. The highest BCUT2D eigenvalue weighted by Crippen LogP contribution is 2.15. The summed E-state index contributed by atoms with van der Waals surface area (Å²) in [6.45, 7) is 2.73. The zero-order chi connectivity index (χ0) is 10.9. The number of rotatable bonds is 3. The fraction of sp³-hybridized carbons (Fsp3) is 0.750. The number of nitrogens with one attached hydrogen (secondary N) is 1. The van der Waals surface area contributed by atoms with Gasteiger partial charge >= 0.3 is 6.09 Å². The van der Waals surface area contributed by atoms with Crippen LogP contribution in [0, 0.1) is 0 Å². The lowest BCUT2D eigenvalue weighted by atomic mass is 10.0. The number of amides is 1. The van der Waals surface area contributed by atoms with E-state index < -0.39 is 0 Å². The number of hydrogen-bond donors (Lipinski definition) is 1. The van der Waals surface area contributed by atoms with Gasteiger partial charge < -0.3 is 10.1 Å². The number of carbonyl (C=O) groups is 1. The maximum Gasteiger partial charge on any atom is 0.407 e. The van der Waals surface area contributed by atoms with Gasteiger partial charge in [0, 0.05) is 6.54 Å². The van der Waals surface area contributed by atoms with Crippen LogP contribution in [0.2, 0.25) is 0 Å². The average molecular weight is 211 g/mol. The smallest absolute Gasteiger partial charge is 0.407 e. The van der Waals surface area contributed by atoms with Gasteiger partial charge in [-0.25, -0.2) is 4.79 Å². The maximum absolute atomic E-state index is 11.3. The van der Waals surface area contributed by atoms with E-state index in [1.165, 1.54) is 0 Å². The van der Waals surface area contributed by atoms with E-state index in [2.05, 4.69) is 17.5 Å². The minimum absolute atomic E-state index is 0.104. The zero-order valence-electron chi connectivity index (χ0n) is 9.50. The summed E-state index contributed by atoms with van der Waals surface area (Å²) >= 11 is 0. The molecule has 3 heteroatoms. The highest BCUT2D eigenvalue weighted by atomic mass is 16.6. The van der Waals surface area contributed by atoms with E-state index >= 15 is 0 Å². The average Bonchev–Trinajstić information content (AvgIpc) is 2.19. The van der Waals surface area contributed by atoms with E-state index in [1.54, 1.807) is 0 Å². The van der Waals surface area contributed by atoms with Crippen molar-refractivity contribution in [2.75, 3.05) is 6.54 Å². The van der Waals surface area contributed by atoms with Crippen LogP contribution in [0.5, 0.6) is 0 Å². The fourth-order valence-corrected chi connectivity index (χ4v) is 1.66. The topological polar surface area (TPSA) is 38.3 Å². The van der Waals surface area contributed by atoms with E-state index in [1.807, 2.05) is 6.92 Å². The van der Waals surface area contributed by atoms with Crippen molar-refractivity contribution in [3.8, 4) is 0 Å². The van der Waals surface area contributed by atoms with E-state index in [4.69, 9.17) is 4.74 Å². The van der Waals surface area contributed by atoms with Gasteiger partial charge in [-0.3, -0.25) is 0 Å². The summed E-state index contributed by atoms with van der Waals surface area (Å²) in [5.41, 5.74) is 0. The number of alkyl carbamates (subject to hydrolysis) is 1. The van der Waals surface area contributed by atoms with E-state index in [0.717, 1.165) is 38.5 Å². The van der Waals surface area contributed by atoms with E-state index in [-0.39, 0.29) is 12.2 Å². The van der Waals surface area contributed by atoms with Gasteiger partial charge in [-0.2, -0.15) is 0 Å². The third-order valence-corrected chi connectivity index (χ3v) is 2.51. The number of ether oxygens (including phenoxy) is 1. The van der Waals surface area contributed by atoms with Crippen LogP contribution in [0.25, 0.3) is 0 Å². The molecule has 86 valence electrons. The van der Waals surface area contributed by atoms with Gasteiger partial charge in [0.2, 0.25) is 0 Å². The second kappa shape index (κ2) is 7.32. The lowest BCUT2D eigenvalue weighted by Crippen LogP contribution is -2.29. The van der Waals surface area contributed by atoms with E-state index in [9.17, 15) is 4.79 Å². The third-order valence-electron chi connectivity index (χ3n) is 2.51. The summed E-state index contributed by atoms with van der Waals surface area (Å²) in [6, 6.07) is 0. The Labute approximate surface area is 91.9 Å². The normalized spacial score (nSPS) is 23.7. The summed E-state index contributed by atoms with van der Waals surface area (Å²) in [5, 5.41) is 2.74. The summed E-state index contributed by atoms with van der Waals surface area (Å²) in [4.78, 5) is 11.3. The Balaban J connectivity index is 2.23. The van der Waals surface area contributed by atoms with Crippen LogP contribution in [0.1, 0.15) is 45.4 Å². The largest absolute Gasteiger partial charge is 0.446 e. The van der Waals surface area contributed by atoms with Crippen molar-refractivity contribution in [2.24, 2.45) is 0 Å². The SMILES string of the molecule is CCCNC(=O)OC1CC/C=C/CCC1. The van der Waals surface area contributed by atoms with Gasteiger partial charge in [0.15, 0.2) is 0 Å². The summed E-state index contributed by atoms with van der Waals surface area (Å²) in [5.74, 6) is 0. The minimum atomic E-state index is -0.258. The number of allylic oxidation sites excluding steroid dienone is 2. The fourth-order valence-electron chi connectivity index (χ4n) is 1.66. The quantitative estimate of drug-likeness (QED) is 0.729. The lowest BCUT2D eigenvalue weighted by Gasteiger charge is -2.18. The van der Waals surface area contributed by atoms with Crippen molar-refractivity contribution in [1.82, 2.24) is 5.32 Å². The predicted molar refractivity (Wildman–Crippen MR) is 60.8 cm³/mol. The Morgan fingerprint density at radius 1 is 1.40 bits per heavy atom. The van der Waals surface area contributed by atoms with Gasteiger partial charge in [-0.1, -0.05) is 19.1 Å². The lowest BCUT2D eigenvalue weighted by molar-refractivity contribution is 0.0865. The highest BCUT2D eigenvalue weighted by Gasteiger charge is 2.13. The molecule has 0 saturated carbocycles. The monoisotopic (exact) mass is 211 g/mol. The Hall–Kier alpha value is -0.990. The standard InChI is InChI=1S/C12H21NO2/c1-2-10-13-12(14)15-11-8-6-4-3-5-7-9-11/h3-4,11H,2,5-10H2,1H3,(H,13,14)/b4-3+. The third kappa shape index (κ3) is 5.45. The highest BCUT2D eigenvalue weighted by molar-refractivity contribution is 5.67. The summed E-state index contributed by atoms with van der Waals surface area (Å²) < 4.78 is 5.35. The van der Waals surface area contributed by atoms with Crippen molar-refractivity contribution < 1.29 is 9.53 Å². The minimum Gasteiger partial charge on any atom is -0.446 e. The molecule has 1 rings (SSSR count). The van der Waals surface area contributed by atoms with Crippen LogP contribution < -0.4 is 5.32 Å². The molecule has 0 aromatic carbocycles. The number of carbonyl (C=O) groups excluding carboxylic acids is 1. The molecule has 1 N–H and O–H groups in total. The molecule has 0 saturated heterocycles. The van der Waals surface area contributed by atoms with Gasteiger partial charge in [-0.05, 0) is 38.5 Å². The first-order valence-electron chi connectivity index (χ1n) is 5.92. The molecule has 1 aliphatic carbocycles. The van der Waals surface area contributed by atoms with Crippen LogP contribution in [-0.4, -0.2) is 18.7 Å². The summed E-state index contributed by atoms with van der Waals surface area (Å²) in [7, 11) is 0. The molecule has 3 nitrogen and oxygen atoms in total. The molecule has 15 heavy (non-hydrogen) atoms. The van der Waals surface area contributed by atoms with Crippen LogP contribution in [-0.2, 0) is 4.74 Å². The first-order chi connectivity index (χ1) is 7.33. The van der Waals surface area contributed by atoms with Gasteiger partial charge in [0.05, 0.1) is 0 Å². The Bertz CT molecular complexity index is 214. The summed E-state index contributed by atoms with van der Waals surface area (Å²) in [6.07, 6.45) is 10.4. The molecule has 1 atom stereocenters. The molecular weight excluding hydrogens is 190 g/mol. The molecule has 0 aromatic rings. The molecule has 1 unspecified atom stereocenters. The van der Waals surface area contributed by atoms with Crippen LogP contribution in [0.15, 0.2) is 12.2 Å². The molecule has 0 fully saturated rings. The molecule has 0 bridgehead atoms. The molecule has 0 radical (unpaired) electrons. The van der Waals surface area contributed by atoms with Gasteiger partial charge in [0.1, 0.15) is 6.10 Å². The first-order valence-corrected chi connectivity index (χ1v) is 5.92. The van der Waals surface area contributed by atoms with Gasteiger partial charge in [-0.15, -0.1) is 0 Å². The van der Waals surface area contributed by atoms with Crippen LogP contribution in [0.4, 0.5) is 4.79 Å². The molecular formula is C12H21NO2. The van der Waals surface area contributed by atoms with Gasteiger partial charge in [0.25, 0.3) is 0 Å². The van der Waals surface area contributed by atoms with Crippen molar-refractivity contribution in [3.05, 3.63) is 12.2 Å². The van der Waals surface area contributed by atoms with Crippen molar-refractivity contribution in [2.45, 2.75) is 51.6 Å². The Kier molecular flexibility index (Phi) is 5.90.